The van der Waals surface area contributed by atoms with E-state index in [1.165, 1.54) is 4.90 Å². The number of hydrogen-bond acceptors (Lipinski definition) is 7. The molecular formula is C41H49NO8. The molecule has 3 atom stereocenters. The SMILES string of the molecule is O=C(O)N1CC[C@H](c2ccc(OCCCOCc3ccccc3)cc2)[C@@H](OCc2ccc3ccc(COCCO[C@H]4CCCCO4)cc3c2)C1. The summed E-state index contributed by atoms with van der Waals surface area (Å²) in [4.78, 5) is 13.3. The molecule has 266 valence electrons. The van der Waals surface area contributed by atoms with Crippen molar-refractivity contribution in [2.24, 2.45) is 0 Å². The minimum atomic E-state index is -0.914. The van der Waals surface area contributed by atoms with Crippen LogP contribution < -0.4 is 4.74 Å². The van der Waals surface area contributed by atoms with Gasteiger partial charge in [-0.25, -0.2) is 4.79 Å². The first-order valence-corrected chi connectivity index (χ1v) is 17.9. The average molecular weight is 684 g/mol. The monoisotopic (exact) mass is 683 g/mol. The number of likely N-dealkylation sites (tertiary alicyclic amines) is 1. The van der Waals surface area contributed by atoms with Crippen LogP contribution >= 0.6 is 0 Å². The van der Waals surface area contributed by atoms with E-state index in [0.717, 1.165) is 71.1 Å². The maximum atomic E-state index is 11.9. The summed E-state index contributed by atoms with van der Waals surface area (Å²) in [5.74, 6) is 0.879. The number of carbonyl (C=O) groups is 1. The van der Waals surface area contributed by atoms with Gasteiger partial charge >= 0.3 is 6.09 Å². The zero-order chi connectivity index (χ0) is 34.4. The predicted octanol–water partition coefficient (Wildman–Crippen LogP) is 7.94. The number of amides is 1. The van der Waals surface area contributed by atoms with Crippen LogP contribution in [-0.2, 0) is 43.5 Å². The molecule has 2 saturated heterocycles. The van der Waals surface area contributed by atoms with E-state index < -0.39 is 6.09 Å². The zero-order valence-electron chi connectivity index (χ0n) is 28.8. The van der Waals surface area contributed by atoms with E-state index in [9.17, 15) is 9.90 Å². The van der Waals surface area contributed by atoms with Crippen molar-refractivity contribution >= 4 is 16.9 Å². The minimum Gasteiger partial charge on any atom is -0.494 e. The highest BCUT2D eigenvalue weighted by atomic mass is 16.7. The number of piperidine rings is 1. The fraction of sp³-hybridized carbons (Fsp3) is 0.439. The van der Waals surface area contributed by atoms with Crippen molar-refractivity contribution in [1.29, 1.82) is 0 Å². The third kappa shape index (κ3) is 10.8. The molecule has 4 aromatic carbocycles. The second-order valence-corrected chi connectivity index (χ2v) is 13.0. The van der Waals surface area contributed by atoms with Crippen LogP contribution in [0.15, 0.2) is 91.0 Å². The van der Waals surface area contributed by atoms with Gasteiger partial charge in [-0.05, 0) is 83.0 Å². The number of carboxylic acid groups (broad SMARTS) is 1. The first-order chi connectivity index (χ1) is 24.6. The van der Waals surface area contributed by atoms with Gasteiger partial charge < -0.3 is 38.4 Å². The molecule has 0 aliphatic carbocycles. The van der Waals surface area contributed by atoms with Crippen molar-refractivity contribution in [3.63, 3.8) is 0 Å². The molecule has 0 radical (unpaired) electrons. The first kappa shape index (κ1) is 35.8. The number of ether oxygens (including phenoxy) is 6. The maximum absolute atomic E-state index is 11.9. The fourth-order valence-corrected chi connectivity index (χ4v) is 6.57. The molecular weight excluding hydrogens is 634 g/mol. The van der Waals surface area contributed by atoms with Crippen LogP contribution in [0.25, 0.3) is 10.8 Å². The Labute approximate surface area is 295 Å². The molecule has 0 unspecified atom stereocenters. The van der Waals surface area contributed by atoms with Crippen molar-refractivity contribution < 1.29 is 38.3 Å². The van der Waals surface area contributed by atoms with Gasteiger partial charge in [0.1, 0.15) is 5.75 Å². The molecule has 0 saturated carbocycles. The quantitative estimate of drug-likeness (QED) is 0.112. The molecule has 2 heterocycles. The number of benzene rings is 4. The summed E-state index contributed by atoms with van der Waals surface area (Å²) < 4.78 is 35.5. The molecule has 2 fully saturated rings. The highest BCUT2D eigenvalue weighted by Crippen LogP contribution is 2.32. The van der Waals surface area contributed by atoms with Gasteiger partial charge in [0.25, 0.3) is 0 Å². The van der Waals surface area contributed by atoms with Gasteiger partial charge in [0.05, 0.1) is 58.9 Å². The normalized spacial score (nSPS) is 19.4. The summed E-state index contributed by atoms with van der Waals surface area (Å²) in [7, 11) is 0. The van der Waals surface area contributed by atoms with Crippen molar-refractivity contribution in [2.45, 2.75) is 70.2 Å². The Kier molecular flexibility index (Phi) is 13.5. The van der Waals surface area contributed by atoms with E-state index in [4.69, 9.17) is 28.4 Å². The van der Waals surface area contributed by atoms with Crippen LogP contribution in [0.1, 0.15) is 60.3 Å². The van der Waals surface area contributed by atoms with Crippen LogP contribution in [0.4, 0.5) is 4.79 Å². The Morgan fingerprint density at radius 3 is 2.26 bits per heavy atom. The molecule has 2 aliphatic heterocycles. The number of hydrogen-bond donors (Lipinski definition) is 1. The average Bonchev–Trinajstić information content (AvgIpc) is 3.16. The van der Waals surface area contributed by atoms with E-state index >= 15 is 0 Å². The molecule has 0 aromatic heterocycles. The Bertz CT molecular complexity index is 1610. The molecule has 4 aromatic rings. The van der Waals surface area contributed by atoms with Crippen molar-refractivity contribution in [3.8, 4) is 5.75 Å². The lowest BCUT2D eigenvalue weighted by molar-refractivity contribution is -0.169. The van der Waals surface area contributed by atoms with Gasteiger partial charge in [-0.1, -0.05) is 66.7 Å². The Balaban J connectivity index is 0.987. The van der Waals surface area contributed by atoms with Gasteiger partial charge in [-0.15, -0.1) is 0 Å². The molecule has 6 rings (SSSR count). The van der Waals surface area contributed by atoms with E-state index in [1.807, 2.05) is 30.3 Å². The lowest BCUT2D eigenvalue weighted by Gasteiger charge is -2.37. The van der Waals surface area contributed by atoms with Crippen LogP contribution in [0.3, 0.4) is 0 Å². The number of fused-ring (bicyclic) bond motifs is 1. The van der Waals surface area contributed by atoms with Crippen molar-refractivity contribution in [2.75, 3.05) is 46.1 Å². The Morgan fingerprint density at radius 1 is 0.740 bits per heavy atom. The van der Waals surface area contributed by atoms with Crippen molar-refractivity contribution in [1.82, 2.24) is 4.90 Å². The minimum absolute atomic E-state index is 0.0731. The van der Waals surface area contributed by atoms with Crippen LogP contribution in [0.5, 0.6) is 5.75 Å². The van der Waals surface area contributed by atoms with Gasteiger partial charge in [-0.3, -0.25) is 0 Å². The third-order valence-corrected chi connectivity index (χ3v) is 9.32. The second-order valence-electron chi connectivity index (χ2n) is 13.0. The van der Waals surface area contributed by atoms with Crippen LogP contribution in [-0.4, -0.2) is 74.6 Å². The molecule has 1 N–H and O–H groups in total. The highest BCUT2D eigenvalue weighted by molar-refractivity contribution is 5.83. The third-order valence-electron chi connectivity index (χ3n) is 9.32. The zero-order valence-corrected chi connectivity index (χ0v) is 28.8. The van der Waals surface area contributed by atoms with E-state index in [1.54, 1.807) is 0 Å². The van der Waals surface area contributed by atoms with Crippen LogP contribution in [0.2, 0.25) is 0 Å². The van der Waals surface area contributed by atoms with Gasteiger partial charge in [-0.2, -0.15) is 0 Å². The standard InChI is InChI=1S/C41H49NO8/c43-41(44)42-19-18-38(35-14-16-37(17-15-35)47-22-6-20-45-28-31-7-2-1-3-8-31)39(27-42)50-30-33-11-13-34-12-10-32(25-36(34)26-33)29-46-23-24-49-40-9-4-5-21-48-40/h1-3,7-8,10-17,25-26,38-40H,4-6,9,18-24,27-30H2,(H,43,44)/t38-,39+,40+/m1/s1. The van der Waals surface area contributed by atoms with Crippen molar-refractivity contribution in [3.05, 3.63) is 113 Å². The summed E-state index contributed by atoms with van der Waals surface area (Å²) in [5.41, 5.74) is 4.42. The van der Waals surface area contributed by atoms with E-state index in [2.05, 4.69) is 60.7 Å². The predicted molar refractivity (Wildman–Crippen MR) is 191 cm³/mol. The fourth-order valence-electron chi connectivity index (χ4n) is 6.57. The molecule has 0 spiro atoms. The molecule has 9 nitrogen and oxygen atoms in total. The summed E-state index contributed by atoms with van der Waals surface area (Å²) in [6, 6.07) is 31.0. The summed E-state index contributed by atoms with van der Waals surface area (Å²) in [6.07, 6.45) is 3.41. The molecule has 50 heavy (non-hydrogen) atoms. The van der Waals surface area contributed by atoms with E-state index in [-0.39, 0.29) is 18.3 Å². The second kappa shape index (κ2) is 18.8. The highest BCUT2D eigenvalue weighted by Gasteiger charge is 2.33. The summed E-state index contributed by atoms with van der Waals surface area (Å²) >= 11 is 0. The molecule has 1 amide bonds. The summed E-state index contributed by atoms with van der Waals surface area (Å²) in [5, 5.41) is 12.0. The largest absolute Gasteiger partial charge is 0.494 e. The summed E-state index contributed by atoms with van der Waals surface area (Å²) in [6.45, 7) is 5.31. The smallest absolute Gasteiger partial charge is 0.407 e. The lowest BCUT2D eigenvalue weighted by Crippen LogP contribution is -2.46. The van der Waals surface area contributed by atoms with Gasteiger partial charge in [0.15, 0.2) is 6.29 Å². The molecule has 0 bridgehead atoms. The maximum Gasteiger partial charge on any atom is 0.407 e. The topological polar surface area (TPSA) is 95.9 Å². The van der Waals surface area contributed by atoms with E-state index in [0.29, 0.717) is 65.8 Å². The number of rotatable bonds is 17. The molecule has 9 heteroatoms. The Hall–Kier alpha value is -3.99. The van der Waals surface area contributed by atoms with Gasteiger partial charge in [0, 0.05) is 25.5 Å². The Morgan fingerprint density at radius 2 is 1.50 bits per heavy atom. The first-order valence-electron chi connectivity index (χ1n) is 17.9. The molecule has 2 aliphatic rings. The van der Waals surface area contributed by atoms with Crippen LogP contribution in [0, 0.1) is 0 Å². The van der Waals surface area contributed by atoms with Gasteiger partial charge in [0.2, 0.25) is 0 Å². The number of nitrogens with zero attached hydrogens (tertiary/aromatic N) is 1. The lowest BCUT2D eigenvalue weighted by atomic mass is 9.87.